The average molecular weight is 319 g/mol. The van der Waals surface area contributed by atoms with Gasteiger partial charge in [-0.05, 0) is 30.5 Å². The number of hydrogen-bond acceptors (Lipinski definition) is 3. The molecule has 1 N–H and O–H groups in total. The lowest BCUT2D eigenvalue weighted by Crippen LogP contribution is -2.45. The van der Waals surface area contributed by atoms with E-state index in [1.807, 2.05) is 0 Å². The molecule has 1 saturated heterocycles. The van der Waals surface area contributed by atoms with Crippen molar-refractivity contribution in [3.05, 3.63) is 29.8 Å². The van der Waals surface area contributed by atoms with Crippen LogP contribution in [0.5, 0.6) is 0 Å². The third-order valence-corrected chi connectivity index (χ3v) is 5.33. The van der Waals surface area contributed by atoms with Crippen LogP contribution in [0.4, 0.5) is 8.78 Å². The van der Waals surface area contributed by atoms with E-state index in [2.05, 4.69) is 0 Å². The second kappa shape index (κ2) is 5.69. The summed E-state index contributed by atoms with van der Waals surface area (Å²) < 4.78 is 52.6. The Morgan fingerprint density at radius 2 is 2.00 bits per heavy atom. The predicted molar refractivity (Wildman–Crippen MR) is 70.0 cm³/mol. The van der Waals surface area contributed by atoms with Crippen molar-refractivity contribution in [2.75, 3.05) is 13.1 Å². The molecule has 5 nitrogen and oxygen atoms in total. The van der Waals surface area contributed by atoms with Crippen LogP contribution in [0.25, 0.3) is 0 Å². The molecular weight excluding hydrogens is 304 g/mol. The summed E-state index contributed by atoms with van der Waals surface area (Å²) >= 11 is 0. The zero-order valence-corrected chi connectivity index (χ0v) is 12.1. The summed E-state index contributed by atoms with van der Waals surface area (Å²) in [4.78, 5) is 10.3. The minimum absolute atomic E-state index is 0.0854. The molecule has 1 aromatic carbocycles. The number of carboxylic acid groups (broad SMARTS) is 1. The summed E-state index contributed by atoms with van der Waals surface area (Å²) in [5, 5.41) is 9.05. The molecule has 0 aromatic heterocycles. The number of aliphatic carboxylic acids is 1. The fourth-order valence-corrected chi connectivity index (χ4v) is 4.17. The molecule has 0 amide bonds. The molecule has 2 atom stereocenters. The third-order valence-electron chi connectivity index (χ3n) is 3.49. The van der Waals surface area contributed by atoms with Gasteiger partial charge in [0.15, 0.2) is 0 Å². The first-order valence-electron chi connectivity index (χ1n) is 6.40. The van der Waals surface area contributed by atoms with Crippen LogP contribution in [0, 0.1) is 23.5 Å². The van der Waals surface area contributed by atoms with Crippen LogP contribution in [0.2, 0.25) is 0 Å². The Hall–Kier alpha value is -1.54. The first kappa shape index (κ1) is 15.8. The molecule has 2 unspecified atom stereocenters. The van der Waals surface area contributed by atoms with Gasteiger partial charge >= 0.3 is 5.97 Å². The van der Waals surface area contributed by atoms with Crippen LogP contribution >= 0.6 is 0 Å². The lowest BCUT2D eigenvalue weighted by molar-refractivity contribution is -0.143. The molecule has 0 radical (unpaired) electrons. The van der Waals surface area contributed by atoms with E-state index in [0.29, 0.717) is 12.5 Å². The van der Waals surface area contributed by atoms with Gasteiger partial charge in [-0.2, -0.15) is 4.31 Å². The minimum Gasteiger partial charge on any atom is -0.481 e. The molecule has 2 rings (SSSR count). The van der Waals surface area contributed by atoms with Gasteiger partial charge in [-0.3, -0.25) is 4.79 Å². The second-order valence-corrected chi connectivity index (χ2v) is 7.18. The monoisotopic (exact) mass is 319 g/mol. The molecule has 8 heteroatoms. The summed E-state index contributed by atoms with van der Waals surface area (Å²) in [6.07, 6.45) is 0.354. The van der Waals surface area contributed by atoms with Crippen LogP contribution in [0.15, 0.2) is 23.1 Å². The molecular formula is C13H15F2NO4S. The lowest BCUT2D eigenvalue weighted by atomic mass is 9.92. The Labute approximate surface area is 121 Å². The number of carbonyl (C=O) groups is 1. The summed E-state index contributed by atoms with van der Waals surface area (Å²) in [6.45, 7) is 1.57. The number of carboxylic acids is 1. The Bertz CT molecular complexity index is 662. The first-order chi connectivity index (χ1) is 9.71. The largest absolute Gasteiger partial charge is 0.481 e. The summed E-state index contributed by atoms with van der Waals surface area (Å²) in [7, 11) is -4.26. The molecule has 116 valence electrons. The van der Waals surface area contributed by atoms with Gasteiger partial charge in [0.1, 0.15) is 16.5 Å². The molecule has 1 aromatic rings. The van der Waals surface area contributed by atoms with Gasteiger partial charge in [-0.1, -0.05) is 6.92 Å². The van der Waals surface area contributed by atoms with Crippen LogP contribution < -0.4 is 0 Å². The van der Waals surface area contributed by atoms with Gasteiger partial charge in [0.2, 0.25) is 10.0 Å². The van der Waals surface area contributed by atoms with E-state index in [9.17, 15) is 22.0 Å². The number of rotatable bonds is 3. The topological polar surface area (TPSA) is 74.7 Å². The smallest absolute Gasteiger partial charge is 0.307 e. The van der Waals surface area contributed by atoms with Crippen molar-refractivity contribution >= 4 is 16.0 Å². The highest BCUT2D eigenvalue weighted by atomic mass is 32.2. The molecule has 1 fully saturated rings. The quantitative estimate of drug-likeness (QED) is 0.920. The number of hydrogen-bond donors (Lipinski definition) is 1. The van der Waals surface area contributed by atoms with Crippen molar-refractivity contribution in [2.45, 2.75) is 18.2 Å². The highest BCUT2D eigenvalue weighted by Crippen LogP contribution is 2.28. The summed E-state index contributed by atoms with van der Waals surface area (Å²) in [5.41, 5.74) is 0. The average Bonchev–Trinajstić information content (AvgIpc) is 2.40. The van der Waals surface area contributed by atoms with E-state index in [-0.39, 0.29) is 19.0 Å². The number of nitrogens with zero attached hydrogens (tertiary/aromatic N) is 1. The molecule has 1 aliphatic heterocycles. The fraction of sp³-hybridized carbons (Fsp3) is 0.462. The van der Waals surface area contributed by atoms with Crippen molar-refractivity contribution in [3.8, 4) is 0 Å². The van der Waals surface area contributed by atoms with Crippen LogP contribution in [-0.2, 0) is 14.8 Å². The van der Waals surface area contributed by atoms with E-state index in [1.165, 1.54) is 0 Å². The number of benzene rings is 1. The van der Waals surface area contributed by atoms with Crippen molar-refractivity contribution in [1.29, 1.82) is 0 Å². The van der Waals surface area contributed by atoms with Gasteiger partial charge in [0.25, 0.3) is 0 Å². The maximum absolute atomic E-state index is 13.7. The Morgan fingerprint density at radius 3 is 2.62 bits per heavy atom. The van der Waals surface area contributed by atoms with Crippen LogP contribution in [-0.4, -0.2) is 36.9 Å². The second-order valence-electron chi connectivity index (χ2n) is 5.27. The Morgan fingerprint density at radius 1 is 1.33 bits per heavy atom. The SMILES string of the molecule is CC1CC(C(=O)O)CN(S(=O)(=O)c2cc(F)ccc2F)C1. The van der Waals surface area contributed by atoms with Crippen molar-refractivity contribution in [2.24, 2.45) is 11.8 Å². The molecule has 0 bridgehead atoms. The molecule has 0 aliphatic carbocycles. The number of piperidine rings is 1. The lowest BCUT2D eigenvalue weighted by Gasteiger charge is -2.33. The predicted octanol–water partition coefficient (Wildman–Crippen LogP) is 1.70. The van der Waals surface area contributed by atoms with Crippen molar-refractivity contribution in [3.63, 3.8) is 0 Å². The standard InChI is InChI=1S/C13H15F2NO4S/c1-8-4-9(13(17)18)7-16(6-8)21(19,20)12-5-10(14)2-3-11(12)15/h2-3,5,8-9H,4,6-7H2,1H3,(H,17,18). The Balaban J connectivity index is 2.38. The first-order valence-corrected chi connectivity index (χ1v) is 7.84. The molecule has 1 heterocycles. The zero-order chi connectivity index (χ0) is 15.8. The van der Waals surface area contributed by atoms with E-state index < -0.39 is 38.4 Å². The minimum atomic E-state index is -4.26. The van der Waals surface area contributed by atoms with E-state index >= 15 is 0 Å². The number of halogens is 2. The third kappa shape index (κ3) is 3.21. The van der Waals surface area contributed by atoms with Gasteiger partial charge < -0.3 is 5.11 Å². The highest BCUT2D eigenvalue weighted by molar-refractivity contribution is 7.89. The van der Waals surface area contributed by atoms with Crippen LogP contribution in [0.3, 0.4) is 0 Å². The van der Waals surface area contributed by atoms with Gasteiger partial charge in [-0.15, -0.1) is 0 Å². The highest BCUT2D eigenvalue weighted by Gasteiger charge is 2.37. The Kier molecular flexibility index (Phi) is 4.29. The van der Waals surface area contributed by atoms with Crippen molar-refractivity contribution < 1.29 is 27.1 Å². The normalized spacial score (nSPS) is 24.0. The molecule has 0 spiro atoms. The number of sulfonamides is 1. The van der Waals surface area contributed by atoms with Gasteiger partial charge in [-0.25, -0.2) is 17.2 Å². The van der Waals surface area contributed by atoms with E-state index in [1.54, 1.807) is 6.92 Å². The fourth-order valence-electron chi connectivity index (χ4n) is 2.49. The molecule has 0 saturated carbocycles. The van der Waals surface area contributed by atoms with Gasteiger partial charge in [0, 0.05) is 13.1 Å². The van der Waals surface area contributed by atoms with E-state index in [4.69, 9.17) is 5.11 Å². The van der Waals surface area contributed by atoms with E-state index in [0.717, 1.165) is 16.4 Å². The summed E-state index contributed by atoms with van der Waals surface area (Å²) in [5.74, 6) is -4.04. The molecule has 1 aliphatic rings. The summed E-state index contributed by atoms with van der Waals surface area (Å²) in [6, 6.07) is 2.18. The van der Waals surface area contributed by atoms with Gasteiger partial charge in [0.05, 0.1) is 5.92 Å². The maximum atomic E-state index is 13.7. The van der Waals surface area contributed by atoms with Crippen molar-refractivity contribution in [1.82, 2.24) is 4.31 Å². The zero-order valence-electron chi connectivity index (χ0n) is 11.3. The maximum Gasteiger partial charge on any atom is 0.307 e. The molecule has 21 heavy (non-hydrogen) atoms. The van der Waals surface area contributed by atoms with Crippen LogP contribution in [0.1, 0.15) is 13.3 Å².